The van der Waals surface area contributed by atoms with Crippen LogP contribution >= 0.6 is 7.82 Å². The highest BCUT2D eigenvalue weighted by molar-refractivity contribution is 7.48. The van der Waals surface area contributed by atoms with Crippen molar-refractivity contribution in [1.29, 1.82) is 0 Å². The minimum Gasteiger partial charge on any atom is -0.287 e. The number of unbranched alkanes of at least 4 members (excludes halogenated alkanes) is 1. The van der Waals surface area contributed by atoms with Crippen molar-refractivity contribution in [2.45, 2.75) is 60.3 Å². The number of rotatable bonds is 12. The lowest BCUT2D eigenvalue weighted by molar-refractivity contribution is 0.105. The van der Waals surface area contributed by atoms with E-state index in [9.17, 15) is 4.57 Å². The number of phosphoric ester groups is 1. The third kappa shape index (κ3) is 11.6. The quantitative estimate of drug-likeness (QED) is 0.374. The second-order valence-electron chi connectivity index (χ2n) is 5.67. The molecule has 0 heterocycles. The van der Waals surface area contributed by atoms with Gasteiger partial charge in [-0.25, -0.2) is 4.57 Å². The summed E-state index contributed by atoms with van der Waals surface area (Å²) < 4.78 is 28.5. The van der Waals surface area contributed by atoms with E-state index in [0.717, 1.165) is 25.7 Å². The highest BCUT2D eigenvalue weighted by atomic mass is 31.2. The molecule has 0 aliphatic heterocycles. The van der Waals surface area contributed by atoms with Gasteiger partial charge in [-0.3, -0.25) is 13.6 Å². The van der Waals surface area contributed by atoms with Gasteiger partial charge in [0.15, 0.2) is 0 Å². The number of hydrogen-bond acceptors (Lipinski definition) is 4. The summed E-state index contributed by atoms with van der Waals surface area (Å²) >= 11 is 0. The number of hydrogen-bond donors (Lipinski definition) is 0. The molecule has 0 saturated heterocycles. The highest BCUT2D eigenvalue weighted by Gasteiger charge is 2.26. The minimum absolute atomic E-state index is 0.419. The Balaban J connectivity index is 4.15. The van der Waals surface area contributed by atoms with Crippen LogP contribution in [0.25, 0.3) is 0 Å². The maximum absolute atomic E-state index is 12.4. The lowest BCUT2D eigenvalue weighted by atomic mass is 10.2. The number of phosphoric acid groups is 1. The van der Waals surface area contributed by atoms with E-state index in [1.165, 1.54) is 0 Å². The zero-order chi connectivity index (χ0) is 14.7. The Hall–Kier alpha value is 0.110. The Kier molecular flexibility index (Phi) is 10.9. The molecule has 116 valence electrons. The van der Waals surface area contributed by atoms with E-state index in [1.54, 1.807) is 0 Å². The van der Waals surface area contributed by atoms with Crippen molar-refractivity contribution in [3.8, 4) is 0 Å². The molecule has 0 aromatic heterocycles. The molecule has 0 aromatic rings. The van der Waals surface area contributed by atoms with Crippen LogP contribution in [0.5, 0.6) is 0 Å². The van der Waals surface area contributed by atoms with Crippen molar-refractivity contribution in [3.63, 3.8) is 0 Å². The molecule has 19 heavy (non-hydrogen) atoms. The van der Waals surface area contributed by atoms with Crippen LogP contribution in [0.1, 0.15) is 60.3 Å². The van der Waals surface area contributed by atoms with Gasteiger partial charge in [0, 0.05) is 0 Å². The molecule has 0 saturated carbocycles. The van der Waals surface area contributed by atoms with E-state index < -0.39 is 7.82 Å². The van der Waals surface area contributed by atoms with Gasteiger partial charge in [-0.05, 0) is 31.1 Å². The summed E-state index contributed by atoms with van der Waals surface area (Å²) in [5, 5.41) is 0. The van der Waals surface area contributed by atoms with E-state index in [-0.39, 0.29) is 0 Å². The zero-order valence-corrected chi connectivity index (χ0v) is 14.1. The van der Waals surface area contributed by atoms with Crippen LogP contribution < -0.4 is 0 Å². The molecule has 0 aliphatic rings. The second kappa shape index (κ2) is 10.8. The van der Waals surface area contributed by atoms with E-state index in [4.69, 9.17) is 13.6 Å². The lowest BCUT2D eigenvalue weighted by Gasteiger charge is -2.19. The molecule has 0 bridgehead atoms. The molecular weight excluding hydrogens is 263 g/mol. The monoisotopic (exact) mass is 294 g/mol. The SMILES string of the molecule is CCCCOP(=O)(OCCC(C)C)OCCC(C)C. The summed E-state index contributed by atoms with van der Waals surface area (Å²) in [6, 6.07) is 0. The Labute approximate surface area is 118 Å². The van der Waals surface area contributed by atoms with Crippen molar-refractivity contribution in [2.24, 2.45) is 11.8 Å². The van der Waals surface area contributed by atoms with Gasteiger partial charge >= 0.3 is 7.82 Å². The van der Waals surface area contributed by atoms with E-state index in [0.29, 0.717) is 31.7 Å². The average molecular weight is 294 g/mol. The van der Waals surface area contributed by atoms with Crippen LogP contribution in [-0.4, -0.2) is 19.8 Å². The molecule has 0 spiro atoms. The molecule has 0 amide bonds. The fraction of sp³-hybridized carbons (Fsp3) is 1.00. The van der Waals surface area contributed by atoms with Gasteiger partial charge in [0.1, 0.15) is 0 Å². The fourth-order valence-corrected chi connectivity index (χ4v) is 2.47. The van der Waals surface area contributed by atoms with Crippen LogP contribution in [0.15, 0.2) is 0 Å². The maximum Gasteiger partial charge on any atom is 0.474 e. The predicted molar refractivity (Wildman–Crippen MR) is 79.3 cm³/mol. The minimum atomic E-state index is -3.36. The van der Waals surface area contributed by atoms with Gasteiger partial charge in [0.25, 0.3) is 0 Å². The van der Waals surface area contributed by atoms with E-state index >= 15 is 0 Å². The van der Waals surface area contributed by atoms with Crippen molar-refractivity contribution < 1.29 is 18.1 Å². The first-order valence-corrected chi connectivity index (χ1v) is 8.89. The molecular formula is C14H31O4P. The van der Waals surface area contributed by atoms with Gasteiger partial charge in [0.2, 0.25) is 0 Å². The van der Waals surface area contributed by atoms with E-state index in [2.05, 4.69) is 34.6 Å². The van der Waals surface area contributed by atoms with Crippen molar-refractivity contribution in [2.75, 3.05) is 19.8 Å². The molecule has 0 fully saturated rings. The summed E-state index contributed by atoms with van der Waals surface area (Å²) in [5.41, 5.74) is 0. The summed E-state index contributed by atoms with van der Waals surface area (Å²) in [7, 11) is -3.36. The third-order valence-electron chi connectivity index (χ3n) is 2.64. The van der Waals surface area contributed by atoms with Gasteiger partial charge in [0.05, 0.1) is 19.8 Å². The Morgan fingerprint density at radius 1 is 0.842 bits per heavy atom. The van der Waals surface area contributed by atoms with Crippen LogP contribution in [0.2, 0.25) is 0 Å². The van der Waals surface area contributed by atoms with Crippen molar-refractivity contribution in [3.05, 3.63) is 0 Å². The van der Waals surface area contributed by atoms with Gasteiger partial charge in [-0.1, -0.05) is 41.0 Å². The van der Waals surface area contributed by atoms with Crippen molar-refractivity contribution in [1.82, 2.24) is 0 Å². The molecule has 0 rings (SSSR count). The summed E-state index contributed by atoms with van der Waals surface area (Å²) in [6.07, 6.45) is 3.58. The molecule has 4 nitrogen and oxygen atoms in total. The molecule has 0 unspecified atom stereocenters. The van der Waals surface area contributed by atoms with Gasteiger partial charge in [-0.2, -0.15) is 0 Å². The smallest absolute Gasteiger partial charge is 0.287 e. The van der Waals surface area contributed by atoms with Crippen LogP contribution in [-0.2, 0) is 18.1 Å². The van der Waals surface area contributed by atoms with Crippen molar-refractivity contribution >= 4 is 7.82 Å². The summed E-state index contributed by atoms with van der Waals surface area (Å²) in [6.45, 7) is 11.7. The molecule has 0 aliphatic carbocycles. The largest absolute Gasteiger partial charge is 0.474 e. The van der Waals surface area contributed by atoms with Crippen LogP contribution in [0.4, 0.5) is 0 Å². The predicted octanol–water partition coefficient (Wildman–Crippen LogP) is 5.04. The molecule has 0 radical (unpaired) electrons. The molecule has 0 aromatic carbocycles. The van der Waals surface area contributed by atoms with Gasteiger partial charge in [-0.15, -0.1) is 0 Å². The molecule has 0 atom stereocenters. The second-order valence-corrected chi connectivity index (χ2v) is 7.33. The van der Waals surface area contributed by atoms with Crippen LogP contribution in [0, 0.1) is 11.8 Å². The molecule has 5 heteroatoms. The third-order valence-corrected chi connectivity index (χ3v) is 4.13. The highest BCUT2D eigenvalue weighted by Crippen LogP contribution is 2.50. The maximum atomic E-state index is 12.4. The fourth-order valence-electron chi connectivity index (χ4n) is 1.23. The van der Waals surface area contributed by atoms with Crippen LogP contribution in [0.3, 0.4) is 0 Å². The Bertz CT molecular complexity index is 236. The summed E-state index contributed by atoms with van der Waals surface area (Å²) in [4.78, 5) is 0. The normalized spacial score (nSPS) is 12.6. The first-order chi connectivity index (χ1) is 8.89. The van der Waals surface area contributed by atoms with E-state index in [1.807, 2.05) is 0 Å². The average Bonchev–Trinajstić information content (AvgIpc) is 2.28. The Morgan fingerprint density at radius 3 is 1.63 bits per heavy atom. The zero-order valence-electron chi connectivity index (χ0n) is 13.2. The summed E-state index contributed by atoms with van der Waals surface area (Å²) in [5.74, 6) is 1.03. The first kappa shape index (κ1) is 19.1. The Morgan fingerprint density at radius 2 is 1.26 bits per heavy atom. The topological polar surface area (TPSA) is 44.8 Å². The van der Waals surface area contributed by atoms with Gasteiger partial charge < -0.3 is 0 Å². The first-order valence-electron chi connectivity index (χ1n) is 7.43. The standard InChI is InChI=1S/C14H31O4P/c1-6-7-10-16-19(15,17-11-8-13(2)3)18-12-9-14(4)5/h13-14H,6-12H2,1-5H3. The lowest BCUT2D eigenvalue weighted by Crippen LogP contribution is -2.06. The molecule has 0 N–H and O–H groups in total.